The number of thiazole rings is 2. The Morgan fingerprint density at radius 3 is 2.75 bits per heavy atom. The third kappa shape index (κ3) is 4.01. The average molecular weight is 434 g/mol. The lowest BCUT2D eigenvalue weighted by atomic mass is 10.1. The van der Waals surface area contributed by atoms with Crippen LogP contribution in [-0.4, -0.2) is 15.9 Å². The van der Waals surface area contributed by atoms with Crippen molar-refractivity contribution >= 4 is 45.0 Å². The molecule has 0 aliphatic heterocycles. The smallest absolute Gasteiger partial charge is 0.232 e. The molecule has 0 atom stereocenters. The maximum absolute atomic E-state index is 13.5. The lowest BCUT2D eigenvalue weighted by Crippen LogP contribution is -2.14. The number of amides is 1. The first-order valence-corrected chi connectivity index (χ1v) is 10.8. The highest BCUT2D eigenvalue weighted by atomic mass is 32.1. The van der Waals surface area contributed by atoms with E-state index in [0.717, 1.165) is 26.9 Å². The van der Waals surface area contributed by atoms with E-state index in [9.17, 15) is 13.6 Å². The second-order valence-electron chi connectivity index (χ2n) is 5.90. The summed E-state index contributed by atoms with van der Waals surface area (Å²) in [4.78, 5) is 23.1. The number of hydrogen-bond acceptors (Lipinski definition) is 6. The SMILES string of the molecule is Cc1sc(NC(=O)Cc2csc(-c3cccs3)n2)nc1-c1ccc(F)c(F)c1. The minimum absolute atomic E-state index is 0.140. The van der Waals surface area contributed by atoms with E-state index in [1.165, 1.54) is 28.7 Å². The van der Waals surface area contributed by atoms with Crippen LogP contribution < -0.4 is 5.32 Å². The normalized spacial score (nSPS) is 11.0. The predicted octanol–water partition coefficient (Wildman–Crippen LogP) is 5.76. The molecule has 0 saturated carbocycles. The van der Waals surface area contributed by atoms with Gasteiger partial charge in [-0.25, -0.2) is 18.7 Å². The van der Waals surface area contributed by atoms with E-state index in [2.05, 4.69) is 15.3 Å². The molecule has 0 spiro atoms. The van der Waals surface area contributed by atoms with Crippen LogP contribution in [0.1, 0.15) is 10.6 Å². The van der Waals surface area contributed by atoms with Crippen molar-refractivity contribution in [1.82, 2.24) is 9.97 Å². The Kier molecular flexibility index (Phi) is 5.29. The maximum atomic E-state index is 13.5. The predicted molar refractivity (Wildman–Crippen MR) is 110 cm³/mol. The van der Waals surface area contributed by atoms with Crippen molar-refractivity contribution in [2.24, 2.45) is 0 Å². The summed E-state index contributed by atoms with van der Waals surface area (Å²) >= 11 is 4.39. The fourth-order valence-corrected chi connectivity index (χ4v) is 5.08. The average Bonchev–Trinajstić information content (AvgIpc) is 3.38. The Bertz CT molecular complexity index is 1140. The minimum atomic E-state index is -0.930. The quantitative estimate of drug-likeness (QED) is 0.435. The van der Waals surface area contributed by atoms with E-state index in [4.69, 9.17) is 0 Å². The molecule has 28 heavy (non-hydrogen) atoms. The molecule has 0 bridgehead atoms. The second-order valence-corrected chi connectivity index (χ2v) is 8.91. The molecule has 0 radical (unpaired) electrons. The van der Waals surface area contributed by atoms with Gasteiger partial charge in [0.2, 0.25) is 5.91 Å². The molecule has 0 aliphatic rings. The molecular formula is C19H13F2N3OS3. The molecule has 4 nitrogen and oxygen atoms in total. The number of rotatable bonds is 5. The Hall–Kier alpha value is -2.49. The third-order valence-corrected chi connectivity index (χ3v) is 6.68. The van der Waals surface area contributed by atoms with Gasteiger partial charge in [-0.2, -0.15) is 0 Å². The highest BCUT2D eigenvalue weighted by Gasteiger charge is 2.15. The number of benzene rings is 1. The lowest BCUT2D eigenvalue weighted by Gasteiger charge is -2.00. The molecule has 9 heteroatoms. The standard InChI is InChI=1S/C19H13F2N3OS3/c1-10-17(11-4-5-13(20)14(21)7-11)24-19(28-10)23-16(25)8-12-9-27-18(22-12)15-3-2-6-26-15/h2-7,9H,8H2,1H3,(H,23,24,25). The van der Waals surface area contributed by atoms with Gasteiger partial charge in [0, 0.05) is 15.8 Å². The summed E-state index contributed by atoms with van der Waals surface area (Å²) in [5.74, 6) is -2.07. The van der Waals surface area contributed by atoms with Crippen LogP contribution in [0.2, 0.25) is 0 Å². The number of anilines is 1. The van der Waals surface area contributed by atoms with E-state index in [1.54, 1.807) is 11.3 Å². The van der Waals surface area contributed by atoms with E-state index in [-0.39, 0.29) is 12.3 Å². The zero-order valence-corrected chi connectivity index (χ0v) is 17.0. The fourth-order valence-electron chi connectivity index (χ4n) is 2.59. The number of nitrogens with one attached hydrogen (secondary N) is 1. The Morgan fingerprint density at radius 2 is 2.00 bits per heavy atom. The molecule has 1 aromatic carbocycles. The largest absolute Gasteiger partial charge is 0.302 e. The van der Waals surface area contributed by atoms with Crippen LogP contribution in [0.5, 0.6) is 0 Å². The number of carbonyl (C=O) groups excluding carboxylic acids is 1. The highest BCUT2D eigenvalue weighted by molar-refractivity contribution is 7.20. The topological polar surface area (TPSA) is 54.9 Å². The minimum Gasteiger partial charge on any atom is -0.302 e. The number of hydrogen-bond donors (Lipinski definition) is 1. The summed E-state index contributed by atoms with van der Waals surface area (Å²) < 4.78 is 26.6. The summed E-state index contributed by atoms with van der Waals surface area (Å²) in [6.07, 6.45) is 0.140. The van der Waals surface area contributed by atoms with Gasteiger partial charge in [-0.1, -0.05) is 6.07 Å². The number of carbonyl (C=O) groups is 1. The molecular weight excluding hydrogens is 420 g/mol. The zero-order valence-electron chi connectivity index (χ0n) is 14.5. The molecule has 142 valence electrons. The van der Waals surface area contributed by atoms with Crippen molar-refractivity contribution in [3.05, 3.63) is 63.3 Å². The van der Waals surface area contributed by atoms with Crippen molar-refractivity contribution in [2.45, 2.75) is 13.3 Å². The highest BCUT2D eigenvalue weighted by Crippen LogP contribution is 2.31. The van der Waals surface area contributed by atoms with Gasteiger partial charge in [-0.05, 0) is 36.6 Å². The molecule has 0 aliphatic carbocycles. The molecule has 4 rings (SSSR count). The molecule has 1 N–H and O–H groups in total. The van der Waals surface area contributed by atoms with Crippen LogP contribution in [0.3, 0.4) is 0 Å². The first-order valence-electron chi connectivity index (χ1n) is 8.20. The Labute approximate surface area is 171 Å². The summed E-state index contributed by atoms with van der Waals surface area (Å²) in [6.45, 7) is 1.82. The number of aromatic nitrogens is 2. The van der Waals surface area contributed by atoms with Gasteiger partial charge in [0.1, 0.15) is 5.01 Å². The molecule has 0 fully saturated rings. The van der Waals surface area contributed by atoms with Gasteiger partial charge in [-0.3, -0.25) is 4.79 Å². The molecule has 0 saturated heterocycles. The molecule has 3 aromatic heterocycles. The number of thiophene rings is 1. The van der Waals surface area contributed by atoms with E-state index < -0.39 is 11.6 Å². The molecule has 0 unspecified atom stereocenters. The van der Waals surface area contributed by atoms with E-state index in [0.29, 0.717) is 22.1 Å². The van der Waals surface area contributed by atoms with Crippen molar-refractivity contribution < 1.29 is 13.6 Å². The number of nitrogens with zero attached hydrogens (tertiary/aromatic N) is 2. The van der Waals surface area contributed by atoms with Gasteiger partial charge in [0.05, 0.1) is 22.7 Å². The Balaban J connectivity index is 1.46. The van der Waals surface area contributed by atoms with Crippen LogP contribution in [0.4, 0.5) is 13.9 Å². The third-order valence-electron chi connectivity index (χ3n) is 3.86. The van der Waals surface area contributed by atoms with Crippen molar-refractivity contribution in [1.29, 1.82) is 0 Å². The van der Waals surface area contributed by atoms with E-state index in [1.807, 2.05) is 29.8 Å². The monoisotopic (exact) mass is 433 g/mol. The van der Waals surface area contributed by atoms with Gasteiger partial charge < -0.3 is 5.32 Å². The van der Waals surface area contributed by atoms with Crippen molar-refractivity contribution in [3.8, 4) is 21.1 Å². The van der Waals surface area contributed by atoms with E-state index >= 15 is 0 Å². The summed E-state index contributed by atoms with van der Waals surface area (Å²) in [7, 11) is 0. The van der Waals surface area contributed by atoms with Crippen LogP contribution in [0.15, 0.2) is 41.1 Å². The van der Waals surface area contributed by atoms with Crippen LogP contribution in [0.25, 0.3) is 21.1 Å². The van der Waals surface area contributed by atoms with Crippen LogP contribution in [0, 0.1) is 18.6 Å². The van der Waals surface area contributed by atoms with Crippen LogP contribution in [-0.2, 0) is 11.2 Å². The second kappa shape index (κ2) is 7.86. The lowest BCUT2D eigenvalue weighted by molar-refractivity contribution is -0.115. The summed E-state index contributed by atoms with van der Waals surface area (Å²) in [6, 6.07) is 7.58. The molecule has 3 heterocycles. The maximum Gasteiger partial charge on any atom is 0.232 e. The first-order chi connectivity index (χ1) is 13.5. The summed E-state index contributed by atoms with van der Waals surface area (Å²) in [5.41, 5.74) is 1.68. The van der Waals surface area contributed by atoms with Crippen molar-refractivity contribution in [3.63, 3.8) is 0 Å². The number of aryl methyl sites for hydroxylation is 1. The summed E-state index contributed by atoms with van der Waals surface area (Å²) in [5, 5.41) is 7.92. The fraction of sp³-hybridized carbons (Fsp3) is 0.105. The van der Waals surface area contributed by atoms with Gasteiger partial charge >= 0.3 is 0 Å². The molecule has 1 amide bonds. The van der Waals surface area contributed by atoms with Gasteiger partial charge in [0.15, 0.2) is 16.8 Å². The van der Waals surface area contributed by atoms with Crippen molar-refractivity contribution in [2.75, 3.05) is 5.32 Å². The first kappa shape index (κ1) is 18.9. The van der Waals surface area contributed by atoms with Gasteiger partial charge in [-0.15, -0.1) is 34.0 Å². The number of halogens is 2. The van der Waals surface area contributed by atoms with Gasteiger partial charge in [0.25, 0.3) is 0 Å². The Morgan fingerprint density at radius 1 is 1.14 bits per heavy atom. The van der Waals surface area contributed by atoms with Crippen LogP contribution >= 0.6 is 34.0 Å². The zero-order chi connectivity index (χ0) is 19.7. The molecule has 4 aromatic rings.